The van der Waals surface area contributed by atoms with Gasteiger partial charge in [-0.15, -0.1) is 0 Å². The standard InChI is InChI=1S/C11H6ClN3OS/c12-8-4-7(5-13-6-8)10-14-11(17-15-10)9-2-1-3-16-9/h1-6H. The van der Waals surface area contributed by atoms with Gasteiger partial charge in [0, 0.05) is 18.0 Å². The van der Waals surface area contributed by atoms with Gasteiger partial charge in [0.2, 0.25) is 0 Å². The van der Waals surface area contributed by atoms with Crippen molar-refractivity contribution in [2.75, 3.05) is 0 Å². The van der Waals surface area contributed by atoms with Crippen LogP contribution in [0.4, 0.5) is 0 Å². The number of rotatable bonds is 2. The highest BCUT2D eigenvalue weighted by Crippen LogP contribution is 2.26. The van der Waals surface area contributed by atoms with E-state index in [1.807, 2.05) is 12.1 Å². The van der Waals surface area contributed by atoms with E-state index in [-0.39, 0.29) is 0 Å². The van der Waals surface area contributed by atoms with Crippen molar-refractivity contribution in [2.24, 2.45) is 0 Å². The summed E-state index contributed by atoms with van der Waals surface area (Å²) in [6.07, 6.45) is 4.86. The zero-order chi connectivity index (χ0) is 11.7. The molecule has 3 aromatic heterocycles. The normalized spacial score (nSPS) is 10.6. The molecule has 6 heteroatoms. The van der Waals surface area contributed by atoms with Gasteiger partial charge in [-0.3, -0.25) is 4.98 Å². The first-order valence-electron chi connectivity index (χ1n) is 4.81. The Morgan fingerprint density at radius 2 is 2.24 bits per heavy atom. The first-order chi connectivity index (χ1) is 8.33. The number of hydrogen-bond acceptors (Lipinski definition) is 5. The van der Waals surface area contributed by atoms with Gasteiger partial charge >= 0.3 is 0 Å². The second kappa shape index (κ2) is 4.27. The molecule has 0 bridgehead atoms. The van der Waals surface area contributed by atoms with E-state index in [1.165, 1.54) is 11.5 Å². The van der Waals surface area contributed by atoms with Crippen molar-refractivity contribution >= 4 is 23.1 Å². The van der Waals surface area contributed by atoms with E-state index < -0.39 is 0 Å². The number of furan rings is 1. The van der Waals surface area contributed by atoms with Gasteiger partial charge in [0.05, 0.1) is 11.3 Å². The van der Waals surface area contributed by atoms with Crippen LogP contribution in [-0.4, -0.2) is 14.3 Å². The highest BCUT2D eigenvalue weighted by Gasteiger charge is 2.10. The molecule has 3 rings (SSSR count). The van der Waals surface area contributed by atoms with Gasteiger partial charge in [-0.25, -0.2) is 4.98 Å². The zero-order valence-corrected chi connectivity index (χ0v) is 10.1. The second-order valence-electron chi connectivity index (χ2n) is 3.29. The Kier molecular flexibility index (Phi) is 2.62. The number of nitrogens with zero attached hydrogens (tertiary/aromatic N) is 3. The summed E-state index contributed by atoms with van der Waals surface area (Å²) in [4.78, 5) is 8.38. The molecule has 0 aliphatic heterocycles. The van der Waals surface area contributed by atoms with E-state index in [1.54, 1.807) is 24.7 Å². The molecule has 0 aliphatic rings. The maximum absolute atomic E-state index is 5.87. The summed E-state index contributed by atoms with van der Waals surface area (Å²) in [7, 11) is 0. The van der Waals surface area contributed by atoms with Crippen LogP contribution in [0.2, 0.25) is 5.02 Å². The van der Waals surface area contributed by atoms with Crippen LogP contribution in [0, 0.1) is 0 Å². The van der Waals surface area contributed by atoms with E-state index >= 15 is 0 Å². The minimum Gasteiger partial charge on any atom is -0.462 e. The molecule has 0 saturated heterocycles. The van der Waals surface area contributed by atoms with E-state index in [0.29, 0.717) is 16.6 Å². The monoisotopic (exact) mass is 263 g/mol. The molecular weight excluding hydrogens is 258 g/mol. The Labute approximate surface area is 106 Å². The lowest BCUT2D eigenvalue weighted by atomic mass is 10.3. The molecule has 4 nitrogen and oxygen atoms in total. The molecule has 0 N–H and O–H groups in total. The predicted molar refractivity (Wildman–Crippen MR) is 65.9 cm³/mol. The fourth-order valence-corrected chi connectivity index (χ4v) is 2.20. The highest BCUT2D eigenvalue weighted by molar-refractivity contribution is 7.09. The molecule has 17 heavy (non-hydrogen) atoms. The Balaban J connectivity index is 2.01. The topological polar surface area (TPSA) is 51.8 Å². The van der Waals surface area contributed by atoms with Crippen molar-refractivity contribution < 1.29 is 4.42 Å². The summed E-state index contributed by atoms with van der Waals surface area (Å²) in [6, 6.07) is 5.44. The molecule has 0 fully saturated rings. The smallest absolute Gasteiger partial charge is 0.179 e. The van der Waals surface area contributed by atoms with E-state index in [4.69, 9.17) is 16.0 Å². The van der Waals surface area contributed by atoms with Gasteiger partial charge in [0.1, 0.15) is 0 Å². The number of aromatic nitrogens is 3. The maximum Gasteiger partial charge on any atom is 0.179 e. The summed E-state index contributed by atoms with van der Waals surface area (Å²) in [5, 5.41) is 1.31. The van der Waals surface area contributed by atoms with Gasteiger partial charge in [-0.2, -0.15) is 4.37 Å². The van der Waals surface area contributed by atoms with Crippen LogP contribution in [0.3, 0.4) is 0 Å². The molecule has 0 saturated carbocycles. The SMILES string of the molecule is Clc1cncc(-c2nsc(-c3ccco3)n2)c1. The average molecular weight is 264 g/mol. The minimum atomic E-state index is 0.567. The molecule has 0 radical (unpaired) electrons. The van der Waals surface area contributed by atoms with Crippen LogP contribution in [0.15, 0.2) is 41.3 Å². The summed E-state index contributed by atoms with van der Waals surface area (Å²) in [5.41, 5.74) is 0.798. The van der Waals surface area contributed by atoms with Crippen LogP contribution in [0.1, 0.15) is 0 Å². The van der Waals surface area contributed by atoms with Gasteiger partial charge < -0.3 is 4.42 Å². The highest BCUT2D eigenvalue weighted by atomic mass is 35.5. The Morgan fingerprint density at radius 3 is 3.00 bits per heavy atom. The van der Waals surface area contributed by atoms with Crippen molar-refractivity contribution in [1.29, 1.82) is 0 Å². The Morgan fingerprint density at radius 1 is 1.29 bits per heavy atom. The lowest BCUT2D eigenvalue weighted by Gasteiger charge is -1.94. The van der Waals surface area contributed by atoms with Crippen molar-refractivity contribution in [3.63, 3.8) is 0 Å². The largest absolute Gasteiger partial charge is 0.462 e. The lowest BCUT2D eigenvalue weighted by molar-refractivity contribution is 0.582. The molecule has 0 amide bonds. The second-order valence-corrected chi connectivity index (χ2v) is 4.48. The number of halogens is 1. The summed E-state index contributed by atoms with van der Waals surface area (Å²) in [5.74, 6) is 1.32. The summed E-state index contributed by atoms with van der Waals surface area (Å²) >= 11 is 7.15. The van der Waals surface area contributed by atoms with Crippen molar-refractivity contribution in [3.8, 4) is 22.2 Å². The molecule has 0 spiro atoms. The van der Waals surface area contributed by atoms with Crippen LogP contribution >= 0.6 is 23.1 Å². The van der Waals surface area contributed by atoms with Crippen molar-refractivity contribution in [2.45, 2.75) is 0 Å². The third kappa shape index (κ3) is 2.07. The average Bonchev–Trinajstić information content (AvgIpc) is 3.00. The van der Waals surface area contributed by atoms with Crippen LogP contribution in [-0.2, 0) is 0 Å². The fourth-order valence-electron chi connectivity index (χ4n) is 1.38. The summed E-state index contributed by atoms with van der Waals surface area (Å²) < 4.78 is 9.51. The Bertz CT molecular complexity index is 636. The molecular formula is C11H6ClN3OS. The van der Waals surface area contributed by atoms with Crippen molar-refractivity contribution in [3.05, 3.63) is 41.9 Å². The Hall–Kier alpha value is -1.72. The van der Waals surface area contributed by atoms with Crippen LogP contribution in [0.25, 0.3) is 22.2 Å². The molecule has 84 valence electrons. The van der Waals surface area contributed by atoms with Gasteiger partial charge in [0.15, 0.2) is 16.6 Å². The quantitative estimate of drug-likeness (QED) is 0.710. The van der Waals surface area contributed by atoms with E-state index in [0.717, 1.165) is 10.6 Å². The van der Waals surface area contributed by atoms with Crippen LogP contribution in [0.5, 0.6) is 0 Å². The third-order valence-electron chi connectivity index (χ3n) is 2.12. The van der Waals surface area contributed by atoms with Crippen LogP contribution < -0.4 is 0 Å². The molecule has 0 unspecified atom stereocenters. The number of hydrogen-bond donors (Lipinski definition) is 0. The zero-order valence-electron chi connectivity index (χ0n) is 8.50. The third-order valence-corrected chi connectivity index (χ3v) is 3.06. The lowest BCUT2D eigenvalue weighted by Crippen LogP contribution is -1.82. The van der Waals surface area contributed by atoms with E-state index in [2.05, 4.69) is 14.3 Å². The minimum absolute atomic E-state index is 0.567. The van der Waals surface area contributed by atoms with Gasteiger partial charge in [-0.05, 0) is 29.7 Å². The first kappa shape index (κ1) is 10.4. The van der Waals surface area contributed by atoms with Gasteiger partial charge in [0.25, 0.3) is 0 Å². The fraction of sp³-hybridized carbons (Fsp3) is 0. The molecule has 0 aliphatic carbocycles. The summed E-state index contributed by atoms with van der Waals surface area (Å²) in [6.45, 7) is 0. The maximum atomic E-state index is 5.87. The van der Waals surface area contributed by atoms with Crippen molar-refractivity contribution in [1.82, 2.24) is 14.3 Å². The van der Waals surface area contributed by atoms with E-state index in [9.17, 15) is 0 Å². The first-order valence-corrected chi connectivity index (χ1v) is 5.96. The van der Waals surface area contributed by atoms with Gasteiger partial charge in [-0.1, -0.05) is 11.6 Å². The number of pyridine rings is 1. The molecule has 0 atom stereocenters. The molecule has 3 heterocycles. The molecule has 0 aromatic carbocycles. The molecule has 3 aromatic rings. The predicted octanol–water partition coefficient (Wildman–Crippen LogP) is 3.51.